The summed E-state index contributed by atoms with van der Waals surface area (Å²) in [6.45, 7) is 4.11. The lowest BCUT2D eigenvalue weighted by Crippen LogP contribution is -1.84. The minimum Gasteiger partial charge on any atom is -0.283 e. The summed E-state index contributed by atoms with van der Waals surface area (Å²) in [5, 5.41) is 8.97. The van der Waals surface area contributed by atoms with Crippen molar-refractivity contribution in [1.29, 1.82) is 0 Å². The molecule has 0 N–H and O–H groups in total. The summed E-state index contributed by atoms with van der Waals surface area (Å²) in [5.74, 6) is 0.739. The van der Waals surface area contributed by atoms with Crippen LogP contribution in [0.5, 0.6) is 0 Å². The van der Waals surface area contributed by atoms with Gasteiger partial charge in [-0.05, 0) is 49.2 Å². The van der Waals surface area contributed by atoms with Gasteiger partial charge in [0.2, 0.25) is 0 Å². The van der Waals surface area contributed by atoms with E-state index in [-0.39, 0.29) is 0 Å². The van der Waals surface area contributed by atoms with Crippen LogP contribution in [0.2, 0.25) is 0 Å². The van der Waals surface area contributed by atoms with Gasteiger partial charge in [0.1, 0.15) is 11.3 Å². The summed E-state index contributed by atoms with van der Waals surface area (Å²) in [7, 11) is 0. The summed E-state index contributed by atoms with van der Waals surface area (Å²) in [6, 6.07) is 22.2. The number of aryl methyl sites for hydroxylation is 2. The van der Waals surface area contributed by atoms with E-state index in [0.29, 0.717) is 0 Å². The average molecular weight is 326 g/mol. The molecule has 25 heavy (non-hydrogen) atoms. The Kier molecular flexibility index (Phi) is 3.86. The van der Waals surface area contributed by atoms with Crippen LogP contribution in [0.3, 0.4) is 0 Å². The molecule has 0 bridgehead atoms. The third-order valence-electron chi connectivity index (χ3n) is 4.07. The van der Waals surface area contributed by atoms with Crippen molar-refractivity contribution in [1.82, 2.24) is 9.38 Å². The van der Waals surface area contributed by atoms with Crippen LogP contribution in [0.1, 0.15) is 11.1 Å². The van der Waals surface area contributed by atoms with Crippen molar-refractivity contribution in [3.63, 3.8) is 0 Å². The summed E-state index contributed by atoms with van der Waals surface area (Å²) in [6.07, 6.45) is 1.99. The molecule has 0 unspecified atom stereocenters. The van der Waals surface area contributed by atoms with Crippen molar-refractivity contribution in [2.45, 2.75) is 13.8 Å². The first-order valence-corrected chi connectivity index (χ1v) is 8.23. The molecule has 0 amide bonds. The Morgan fingerprint density at radius 1 is 0.800 bits per heavy atom. The maximum Gasteiger partial charge on any atom is 0.187 e. The van der Waals surface area contributed by atoms with Gasteiger partial charge < -0.3 is 0 Å². The van der Waals surface area contributed by atoms with Gasteiger partial charge in [-0.15, -0.1) is 10.2 Å². The molecule has 0 aliphatic carbocycles. The van der Waals surface area contributed by atoms with Gasteiger partial charge >= 0.3 is 0 Å². The summed E-state index contributed by atoms with van der Waals surface area (Å²) in [5.41, 5.74) is 5.90. The molecule has 0 radical (unpaired) electrons. The molecule has 2 aromatic heterocycles. The molecule has 122 valence electrons. The predicted octanol–water partition coefficient (Wildman–Crippen LogP) is 6.03. The lowest BCUT2D eigenvalue weighted by Gasteiger charge is -2.00. The minimum atomic E-state index is 0.739. The lowest BCUT2D eigenvalue weighted by atomic mass is 10.1. The van der Waals surface area contributed by atoms with Crippen LogP contribution < -0.4 is 0 Å². The lowest BCUT2D eigenvalue weighted by molar-refractivity contribution is 1.10. The first-order valence-electron chi connectivity index (χ1n) is 8.23. The molecule has 0 saturated heterocycles. The molecule has 0 aliphatic heterocycles. The highest BCUT2D eigenvalue weighted by molar-refractivity contribution is 5.74. The topological polar surface area (TPSA) is 42.0 Å². The standard InChI is InChI=1S/C21H18N4/c1-15-7-6-10-18(13-15)23-24-21-20(17-8-4-3-5-9-17)22-19-14-16(2)11-12-25(19)21/h3-14H,1-2H3. The molecule has 4 heteroatoms. The van der Waals surface area contributed by atoms with E-state index in [2.05, 4.69) is 29.3 Å². The molecule has 4 nitrogen and oxygen atoms in total. The highest BCUT2D eigenvalue weighted by Gasteiger charge is 2.13. The molecule has 4 aromatic rings. The fourth-order valence-corrected chi connectivity index (χ4v) is 2.81. The van der Waals surface area contributed by atoms with Crippen LogP contribution in [0.4, 0.5) is 11.5 Å². The van der Waals surface area contributed by atoms with E-state index >= 15 is 0 Å². The van der Waals surface area contributed by atoms with E-state index in [1.807, 2.05) is 72.1 Å². The zero-order chi connectivity index (χ0) is 17.2. The van der Waals surface area contributed by atoms with E-state index in [0.717, 1.165) is 34.0 Å². The average Bonchev–Trinajstić information content (AvgIpc) is 2.98. The summed E-state index contributed by atoms with van der Waals surface area (Å²) >= 11 is 0. The van der Waals surface area contributed by atoms with Crippen molar-refractivity contribution in [3.05, 3.63) is 84.1 Å². The predicted molar refractivity (Wildman–Crippen MR) is 101 cm³/mol. The second kappa shape index (κ2) is 6.32. The minimum absolute atomic E-state index is 0.739. The number of hydrogen-bond acceptors (Lipinski definition) is 3. The van der Waals surface area contributed by atoms with E-state index < -0.39 is 0 Å². The first-order chi connectivity index (χ1) is 12.2. The van der Waals surface area contributed by atoms with E-state index in [1.54, 1.807) is 0 Å². The number of benzene rings is 2. The molecule has 0 saturated carbocycles. The number of imidazole rings is 1. The largest absolute Gasteiger partial charge is 0.283 e. The number of nitrogens with zero attached hydrogens (tertiary/aromatic N) is 4. The van der Waals surface area contributed by atoms with E-state index in [9.17, 15) is 0 Å². The Bertz CT molecular complexity index is 1060. The molecular formula is C21H18N4. The highest BCUT2D eigenvalue weighted by Crippen LogP contribution is 2.32. The van der Waals surface area contributed by atoms with Crippen LogP contribution in [-0.4, -0.2) is 9.38 Å². The van der Waals surface area contributed by atoms with E-state index in [1.165, 1.54) is 5.56 Å². The van der Waals surface area contributed by atoms with E-state index in [4.69, 9.17) is 4.98 Å². The van der Waals surface area contributed by atoms with Crippen molar-refractivity contribution in [2.75, 3.05) is 0 Å². The van der Waals surface area contributed by atoms with Gasteiger partial charge in [-0.25, -0.2) is 4.98 Å². The van der Waals surface area contributed by atoms with Crippen molar-refractivity contribution >= 4 is 17.2 Å². The molecule has 4 rings (SSSR count). The molecule has 0 aliphatic rings. The van der Waals surface area contributed by atoms with Gasteiger partial charge in [0.15, 0.2) is 5.82 Å². The molecule has 0 fully saturated rings. The molecule has 0 spiro atoms. The van der Waals surface area contributed by atoms with Crippen molar-refractivity contribution in [2.24, 2.45) is 10.2 Å². The summed E-state index contributed by atoms with van der Waals surface area (Å²) < 4.78 is 1.98. The first kappa shape index (κ1) is 15.3. The van der Waals surface area contributed by atoms with Gasteiger partial charge in [0.05, 0.1) is 5.69 Å². The fourth-order valence-electron chi connectivity index (χ4n) is 2.81. The monoisotopic (exact) mass is 326 g/mol. The van der Waals surface area contributed by atoms with Gasteiger partial charge in [-0.3, -0.25) is 4.40 Å². The molecule has 2 aromatic carbocycles. The Morgan fingerprint density at radius 3 is 2.40 bits per heavy atom. The maximum atomic E-state index is 4.78. The smallest absolute Gasteiger partial charge is 0.187 e. The van der Waals surface area contributed by atoms with Gasteiger partial charge in [0, 0.05) is 11.8 Å². The van der Waals surface area contributed by atoms with Crippen molar-refractivity contribution in [3.8, 4) is 11.3 Å². The summed E-state index contributed by atoms with van der Waals surface area (Å²) in [4.78, 5) is 4.78. The van der Waals surface area contributed by atoms with Crippen LogP contribution in [0, 0.1) is 13.8 Å². The molecule has 0 atom stereocenters. The number of azo groups is 1. The van der Waals surface area contributed by atoms with Crippen LogP contribution in [-0.2, 0) is 0 Å². The van der Waals surface area contributed by atoms with Crippen LogP contribution in [0.15, 0.2) is 83.2 Å². The van der Waals surface area contributed by atoms with Gasteiger partial charge in [-0.2, -0.15) is 0 Å². The third kappa shape index (κ3) is 3.06. The zero-order valence-electron chi connectivity index (χ0n) is 14.2. The number of rotatable bonds is 3. The fraction of sp³-hybridized carbons (Fsp3) is 0.0952. The number of pyridine rings is 1. The van der Waals surface area contributed by atoms with Gasteiger partial charge in [-0.1, -0.05) is 42.5 Å². The van der Waals surface area contributed by atoms with Crippen LogP contribution >= 0.6 is 0 Å². The SMILES string of the molecule is Cc1cccc(N=Nc2c(-c3ccccc3)nc3cc(C)ccn23)c1. The Balaban J connectivity index is 1.88. The molecule has 2 heterocycles. The number of fused-ring (bicyclic) bond motifs is 1. The van der Waals surface area contributed by atoms with Crippen molar-refractivity contribution < 1.29 is 0 Å². The van der Waals surface area contributed by atoms with Gasteiger partial charge in [0.25, 0.3) is 0 Å². The zero-order valence-corrected chi connectivity index (χ0v) is 14.2. The maximum absolute atomic E-state index is 4.78. The quantitative estimate of drug-likeness (QED) is 0.424. The molecular weight excluding hydrogens is 308 g/mol. The third-order valence-corrected chi connectivity index (χ3v) is 4.07. The highest BCUT2D eigenvalue weighted by atomic mass is 15.2. The number of aromatic nitrogens is 2. The Hall–Kier alpha value is -3.27. The van der Waals surface area contributed by atoms with Crippen LogP contribution in [0.25, 0.3) is 16.9 Å². The normalized spacial score (nSPS) is 11.4. The Morgan fingerprint density at radius 2 is 1.60 bits per heavy atom. The second-order valence-corrected chi connectivity index (χ2v) is 6.12. The second-order valence-electron chi connectivity index (χ2n) is 6.12. The Labute approximate surface area is 146 Å². The number of hydrogen-bond donors (Lipinski definition) is 0.